The Morgan fingerprint density at radius 3 is 1.41 bits per heavy atom. The van der Waals surface area contributed by atoms with Crippen molar-refractivity contribution in [2.24, 2.45) is 0 Å². The van der Waals surface area contributed by atoms with Crippen LogP contribution in [0.2, 0.25) is 0 Å². The Balaban J connectivity index is 1.29. The van der Waals surface area contributed by atoms with Crippen LogP contribution < -0.4 is 18.9 Å². The summed E-state index contributed by atoms with van der Waals surface area (Å²) in [6.07, 6.45) is 3.25. The Hall–Kier alpha value is -5.72. The molecule has 6 aromatic carbocycles. The van der Waals surface area contributed by atoms with Crippen molar-refractivity contribution in [1.82, 2.24) is 0 Å². The van der Waals surface area contributed by atoms with Gasteiger partial charge in [0.05, 0.1) is 10.5 Å². The van der Waals surface area contributed by atoms with E-state index in [0.29, 0.717) is 65.4 Å². The van der Waals surface area contributed by atoms with Crippen molar-refractivity contribution in [3.8, 4) is 23.0 Å². The maximum absolute atomic E-state index is 14.0. The van der Waals surface area contributed by atoms with Gasteiger partial charge in [0.25, 0.3) is 0 Å². The number of carbonyl (C=O) groups excluding carboxylic acids is 1. The summed E-state index contributed by atoms with van der Waals surface area (Å²) in [4.78, 5) is 14.4. The van der Waals surface area contributed by atoms with Gasteiger partial charge in [0.2, 0.25) is 0 Å². The van der Waals surface area contributed by atoms with Crippen LogP contribution in [0.1, 0.15) is 38.2 Å². The summed E-state index contributed by atoms with van der Waals surface area (Å²) in [5, 5.41) is 0. The van der Waals surface area contributed by atoms with Crippen molar-refractivity contribution < 1.29 is 23.7 Å². The maximum Gasteiger partial charge on any atom is 0.190 e. The summed E-state index contributed by atoms with van der Waals surface area (Å²) in [6, 6.07) is 48.7. The second kappa shape index (κ2) is 16.9. The molecule has 0 N–H and O–H groups in total. The van der Waals surface area contributed by atoms with Gasteiger partial charge in [-0.15, -0.1) is 12.6 Å². The summed E-state index contributed by atoms with van der Waals surface area (Å²) in [6.45, 7) is 1.33. The van der Waals surface area contributed by atoms with Gasteiger partial charge in [0.15, 0.2) is 17.3 Å². The summed E-state index contributed by atoms with van der Waals surface area (Å²) in [7, 11) is 0. The fourth-order valence-corrected chi connectivity index (χ4v) is 5.50. The molecule has 244 valence electrons. The van der Waals surface area contributed by atoms with Crippen LogP contribution in [0.5, 0.6) is 23.0 Å². The monoisotopic (exact) mass is 664 g/mol. The van der Waals surface area contributed by atoms with Crippen LogP contribution in [0.4, 0.5) is 0 Å². The summed E-state index contributed by atoms with van der Waals surface area (Å²) in [5.74, 6) is 1.73. The molecule has 0 amide bonds. The molecule has 0 aliphatic rings. The van der Waals surface area contributed by atoms with E-state index in [1.807, 2.05) is 140 Å². The minimum atomic E-state index is -0.289. The predicted octanol–water partition coefficient (Wildman–Crippen LogP) is 10.2. The lowest BCUT2D eigenvalue weighted by Crippen LogP contribution is -2.06. The van der Waals surface area contributed by atoms with Crippen LogP contribution in [0, 0.1) is 0 Å². The van der Waals surface area contributed by atoms with E-state index in [0.717, 1.165) is 22.3 Å². The molecule has 0 aliphatic carbocycles. The van der Waals surface area contributed by atoms with E-state index in [2.05, 4.69) is 0 Å². The molecule has 0 spiro atoms. The van der Waals surface area contributed by atoms with Crippen molar-refractivity contribution in [2.45, 2.75) is 31.3 Å². The van der Waals surface area contributed by atoms with Crippen molar-refractivity contribution in [2.75, 3.05) is 0 Å². The Bertz CT molecular complexity index is 1980. The lowest BCUT2D eigenvalue weighted by atomic mass is 10.1. The van der Waals surface area contributed by atoms with Crippen molar-refractivity contribution >= 4 is 24.5 Å². The molecule has 0 bridgehead atoms. The van der Waals surface area contributed by atoms with Crippen molar-refractivity contribution in [1.29, 1.82) is 0 Å². The molecule has 0 aliphatic heterocycles. The highest BCUT2D eigenvalue weighted by Crippen LogP contribution is 2.37. The van der Waals surface area contributed by atoms with E-state index in [9.17, 15) is 4.79 Å². The van der Waals surface area contributed by atoms with Gasteiger partial charge in [0.1, 0.15) is 37.9 Å². The van der Waals surface area contributed by atoms with Crippen LogP contribution in [0.3, 0.4) is 0 Å². The van der Waals surface area contributed by atoms with Gasteiger partial charge in [0, 0.05) is 5.56 Å². The number of hydrogen-bond donors (Lipinski definition) is 1. The number of para-hydroxylation sites is 1. The number of rotatable bonds is 15. The highest BCUT2D eigenvalue weighted by Gasteiger charge is 2.20. The first kappa shape index (κ1) is 33.2. The molecule has 49 heavy (non-hydrogen) atoms. The van der Waals surface area contributed by atoms with E-state index >= 15 is 0 Å². The molecular formula is C43H36O5S. The van der Waals surface area contributed by atoms with E-state index < -0.39 is 0 Å². The van der Waals surface area contributed by atoms with Gasteiger partial charge in [-0.3, -0.25) is 4.79 Å². The maximum atomic E-state index is 14.0. The molecule has 0 saturated heterocycles. The second-order valence-electron chi connectivity index (χ2n) is 11.3. The molecule has 0 heterocycles. The number of ether oxygens (including phenoxy) is 4. The van der Waals surface area contributed by atoms with Gasteiger partial charge in [-0.05, 0) is 52.6 Å². The van der Waals surface area contributed by atoms with Gasteiger partial charge in [-0.2, -0.15) is 0 Å². The van der Waals surface area contributed by atoms with Crippen LogP contribution in [0.15, 0.2) is 163 Å². The molecule has 0 atom stereocenters. The Kier molecular flexibility index (Phi) is 11.5. The summed E-state index contributed by atoms with van der Waals surface area (Å²) < 4.78 is 24.9. The van der Waals surface area contributed by atoms with Gasteiger partial charge < -0.3 is 18.9 Å². The first-order chi connectivity index (χ1) is 24.1. The van der Waals surface area contributed by atoms with Crippen LogP contribution >= 0.6 is 12.6 Å². The average molecular weight is 665 g/mol. The summed E-state index contributed by atoms with van der Waals surface area (Å²) >= 11 is 4.80. The van der Waals surface area contributed by atoms with Crippen LogP contribution in [-0.2, 0) is 26.4 Å². The lowest BCUT2D eigenvalue weighted by Gasteiger charge is -2.16. The highest BCUT2D eigenvalue weighted by molar-refractivity contribution is 7.80. The molecule has 0 fully saturated rings. The first-order valence-corrected chi connectivity index (χ1v) is 16.5. The SMILES string of the molecule is O=C(/C=C/c1cccc(OCc2ccccc2)c1OCc1ccccc1)c1c(OCc2ccccc2)ccc(OCc2ccccc2)c1S. The standard InChI is InChI=1S/C43H36O5S/c44-37(41-38(45-28-32-14-5-1-6-15-32)26-27-40(43(41)49)47-30-34-18-9-3-10-19-34)25-24-36-22-13-23-39(46-29-33-16-7-2-8-17-33)42(36)48-31-35-20-11-4-12-21-35/h1-27,49H,28-31H2/b25-24+. The van der Waals surface area contributed by atoms with E-state index in [1.165, 1.54) is 6.08 Å². The first-order valence-electron chi connectivity index (χ1n) is 16.0. The third-order valence-corrected chi connectivity index (χ3v) is 8.15. The zero-order chi connectivity index (χ0) is 33.7. The third-order valence-electron chi connectivity index (χ3n) is 7.71. The van der Waals surface area contributed by atoms with Gasteiger partial charge in [-0.25, -0.2) is 0 Å². The topological polar surface area (TPSA) is 54.0 Å². The number of allylic oxidation sites excluding steroid dienone is 1. The van der Waals surface area contributed by atoms with Crippen molar-refractivity contribution in [3.63, 3.8) is 0 Å². The van der Waals surface area contributed by atoms with E-state index in [-0.39, 0.29) is 5.78 Å². The predicted molar refractivity (Wildman–Crippen MR) is 197 cm³/mol. The zero-order valence-electron chi connectivity index (χ0n) is 26.9. The lowest BCUT2D eigenvalue weighted by molar-refractivity contribution is 0.103. The Morgan fingerprint density at radius 2 is 0.898 bits per heavy atom. The Labute approximate surface area is 292 Å². The molecule has 5 nitrogen and oxygen atoms in total. The molecule has 0 saturated carbocycles. The summed E-state index contributed by atoms with van der Waals surface area (Å²) in [5.41, 5.74) is 5.03. The zero-order valence-corrected chi connectivity index (χ0v) is 27.8. The van der Waals surface area contributed by atoms with Gasteiger partial charge in [-0.1, -0.05) is 133 Å². The van der Waals surface area contributed by atoms with E-state index in [1.54, 1.807) is 18.2 Å². The fraction of sp³-hybridized carbons (Fsp3) is 0.0930. The molecule has 0 radical (unpaired) electrons. The normalized spacial score (nSPS) is 10.9. The number of benzene rings is 6. The molecule has 6 aromatic rings. The van der Waals surface area contributed by atoms with Crippen LogP contribution in [0.25, 0.3) is 6.08 Å². The fourth-order valence-electron chi connectivity index (χ4n) is 5.15. The quantitative estimate of drug-likeness (QED) is 0.0673. The minimum Gasteiger partial charge on any atom is -0.488 e. The molecular weight excluding hydrogens is 629 g/mol. The number of ketones is 1. The molecule has 0 aromatic heterocycles. The largest absolute Gasteiger partial charge is 0.488 e. The number of hydrogen-bond acceptors (Lipinski definition) is 6. The van der Waals surface area contributed by atoms with Crippen molar-refractivity contribution in [3.05, 3.63) is 191 Å². The molecule has 6 rings (SSSR count). The Morgan fingerprint density at radius 1 is 0.469 bits per heavy atom. The van der Waals surface area contributed by atoms with E-state index in [4.69, 9.17) is 31.6 Å². The van der Waals surface area contributed by atoms with Crippen LogP contribution in [-0.4, -0.2) is 5.78 Å². The number of thiol groups is 1. The minimum absolute atomic E-state index is 0.289. The third kappa shape index (κ3) is 9.21. The molecule has 6 heteroatoms. The second-order valence-corrected chi connectivity index (χ2v) is 11.7. The highest BCUT2D eigenvalue weighted by atomic mass is 32.1. The van der Waals surface area contributed by atoms with Gasteiger partial charge >= 0.3 is 0 Å². The number of carbonyl (C=O) groups is 1. The average Bonchev–Trinajstić information content (AvgIpc) is 3.16. The smallest absolute Gasteiger partial charge is 0.190 e. The molecule has 0 unspecified atom stereocenters.